The lowest BCUT2D eigenvalue weighted by Crippen LogP contribution is -2.52. The van der Waals surface area contributed by atoms with Crippen LogP contribution in [0.1, 0.15) is 34.1 Å². The van der Waals surface area contributed by atoms with Crippen LogP contribution >= 0.6 is 0 Å². The topological polar surface area (TPSA) is 79.5 Å². The molecule has 0 aromatic heterocycles. The van der Waals surface area contributed by atoms with E-state index in [1.54, 1.807) is 21.0 Å². The van der Waals surface area contributed by atoms with Crippen LogP contribution in [0.4, 0.5) is 0 Å². The van der Waals surface area contributed by atoms with Gasteiger partial charge in [0.05, 0.1) is 12.1 Å². The van der Waals surface area contributed by atoms with E-state index in [0.29, 0.717) is 13.2 Å². The third-order valence-electron chi connectivity index (χ3n) is 2.54. The number of methoxy groups -OCH3 is 1. The molecular weight excluding hydrogens is 246 g/mol. The molecule has 0 rings (SSSR count). The van der Waals surface area contributed by atoms with E-state index < -0.39 is 12.1 Å². The zero-order valence-electron chi connectivity index (χ0n) is 12.6. The third kappa shape index (κ3) is 8.56. The van der Waals surface area contributed by atoms with Gasteiger partial charge in [-0.25, -0.2) is 0 Å². The fraction of sp³-hybridized carbons (Fsp3) is 0.846. The molecule has 6 nitrogen and oxygen atoms in total. The lowest BCUT2D eigenvalue weighted by Gasteiger charge is -2.20. The zero-order valence-corrected chi connectivity index (χ0v) is 12.6. The van der Waals surface area contributed by atoms with Crippen molar-refractivity contribution in [1.29, 1.82) is 0 Å². The molecule has 0 aromatic carbocycles. The number of nitrogens with one attached hydrogen (secondary N) is 3. The first-order valence-corrected chi connectivity index (χ1v) is 6.71. The largest absolute Gasteiger partial charge is 0.385 e. The van der Waals surface area contributed by atoms with Gasteiger partial charge in [-0.2, -0.15) is 0 Å². The molecule has 112 valence electrons. The number of ether oxygens (including phenoxy) is 1. The van der Waals surface area contributed by atoms with Gasteiger partial charge in [0.15, 0.2) is 0 Å². The maximum absolute atomic E-state index is 11.7. The second kappa shape index (κ2) is 9.75. The van der Waals surface area contributed by atoms with Gasteiger partial charge in [0.25, 0.3) is 0 Å². The zero-order chi connectivity index (χ0) is 14.8. The van der Waals surface area contributed by atoms with E-state index in [9.17, 15) is 9.59 Å². The number of hydrogen-bond donors (Lipinski definition) is 3. The molecule has 0 aliphatic heterocycles. The maximum Gasteiger partial charge on any atom is 0.237 e. The summed E-state index contributed by atoms with van der Waals surface area (Å²) in [6, 6.07) is -0.715. The molecule has 0 saturated heterocycles. The van der Waals surface area contributed by atoms with Gasteiger partial charge in [-0.05, 0) is 34.1 Å². The van der Waals surface area contributed by atoms with Crippen molar-refractivity contribution in [3.8, 4) is 0 Å². The predicted molar refractivity (Wildman–Crippen MR) is 74.8 cm³/mol. The van der Waals surface area contributed by atoms with Gasteiger partial charge < -0.3 is 15.4 Å². The molecule has 0 bridgehead atoms. The molecule has 0 aliphatic carbocycles. The van der Waals surface area contributed by atoms with Crippen LogP contribution in [0, 0.1) is 0 Å². The van der Waals surface area contributed by atoms with Crippen molar-refractivity contribution in [1.82, 2.24) is 16.0 Å². The molecule has 0 fully saturated rings. The first kappa shape index (κ1) is 17.9. The molecule has 0 aromatic rings. The summed E-state index contributed by atoms with van der Waals surface area (Å²) < 4.78 is 4.90. The predicted octanol–water partition coefficient (Wildman–Crippen LogP) is 0.0303. The van der Waals surface area contributed by atoms with Crippen molar-refractivity contribution in [3.63, 3.8) is 0 Å². The molecule has 0 heterocycles. The minimum absolute atomic E-state index is 0.0925. The van der Waals surface area contributed by atoms with Crippen molar-refractivity contribution < 1.29 is 14.3 Å². The molecule has 19 heavy (non-hydrogen) atoms. The van der Waals surface area contributed by atoms with E-state index in [4.69, 9.17) is 4.74 Å². The van der Waals surface area contributed by atoms with Crippen molar-refractivity contribution in [3.05, 3.63) is 0 Å². The van der Waals surface area contributed by atoms with E-state index in [0.717, 1.165) is 6.42 Å². The molecule has 3 N–H and O–H groups in total. The molecule has 0 aliphatic rings. The number of carbonyl (C=O) groups excluding carboxylic acids is 2. The summed E-state index contributed by atoms with van der Waals surface area (Å²) in [5.74, 6) is -0.214. The SMILES string of the molecule is COCCCNC(=O)C(C)NC(C)C(=O)NC(C)C. The molecule has 0 radical (unpaired) electrons. The van der Waals surface area contributed by atoms with Crippen LogP contribution in [0.5, 0.6) is 0 Å². The average Bonchev–Trinajstić information content (AvgIpc) is 2.33. The van der Waals surface area contributed by atoms with E-state index in [1.165, 1.54) is 0 Å². The van der Waals surface area contributed by atoms with Crippen LogP contribution in [0.3, 0.4) is 0 Å². The van der Waals surface area contributed by atoms with Gasteiger partial charge in [0, 0.05) is 26.3 Å². The van der Waals surface area contributed by atoms with Crippen LogP contribution in [-0.4, -0.2) is 50.2 Å². The Morgan fingerprint density at radius 1 is 1.05 bits per heavy atom. The Bertz CT molecular complexity index is 282. The molecule has 6 heteroatoms. The van der Waals surface area contributed by atoms with E-state index >= 15 is 0 Å². The van der Waals surface area contributed by atoms with E-state index in [-0.39, 0.29) is 17.9 Å². The maximum atomic E-state index is 11.7. The Balaban J connectivity index is 3.96. The average molecular weight is 273 g/mol. The molecule has 2 unspecified atom stereocenters. The highest BCUT2D eigenvalue weighted by Crippen LogP contribution is 1.91. The van der Waals surface area contributed by atoms with Crippen LogP contribution < -0.4 is 16.0 Å². The second-order valence-corrected chi connectivity index (χ2v) is 4.91. The number of carbonyl (C=O) groups is 2. The quantitative estimate of drug-likeness (QED) is 0.518. The summed E-state index contributed by atoms with van der Waals surface area (Å²) >= 11 is 0. The number of amides is 2. The van der Waals surface area contributed by atoms with Crippen LogP contribution in [0.2, 0.25) is 0 Å². The third-order valence-corrected chi connectivity index (χ3v) is 2.54. The Hall–Kier alpha value is -1.14. The summed E-state index contributed by atoms with van der Waals surface area (Å²) in [5.41, 5.74) is 0. The molecule has 0 spiro atoms. The van der Waals surface area contributed by atoms with Crippen molar-refractivity contribution >= 4 is 11.8 Å². The van der Waals surface area contributed by atoms with Crippen LogP contribution in [-0.2, 0) is 14.3 Å². The monoisotopic (exact) mass is 273 g/mol. The number of rotatable bonds is 9. The Morgan fingerprint density at radius 3 is 2.16 bits per heavy atom. The summed E-state index contributed by atoms with van der Waals surface area (Å²) in [4.78, 5) is 23.4. The lowest BCUT2D eigenvalue weighted by molar-refractivity contribution is -0.125. The Morgan fingerprint density at radius 2 is 1.63 bits per heavy atom. The highest BCUT2D eigenvalue weighted by Gasteiger charge is 2.19. The minimum Gasteiger partial charge on any atom is -0.385 e. The molecule has 2 amide bonds. The van der Waals surface area contributed by atoms with Crippen molar-refractivity contribution in [2.24, 2.45) is 0 Å². The summed E-state index contributed by atoms with van der Waals surface area (Å²) in [5, 5.41) is 8.56. The molecular formula is C13H27N3O3. The van der Waals surface area contributed by atoms with E-state index in [1.807, 2.05) is 13.8 Å². The van der Waals surface area contributed by atoms with Crippen LogP contribution in [0.25, 0.3) is 0 Å². The van der Waals surface area contributed by atoms with E-state index in [2.05, 4.69) is 16.0 Å². The Kier molecular flexibility index (Phi) is 9.16. The van der Waals surface area contributed by atoms with Gasteiger partial charge in [-0.3, -0.25) is 14.9 Å². The summed E-state index contributed by atoms with van der Waals surface area (Å²) in [6.45, 7) is 8.48. The normalized spacial score (nSPS) is 14.0. The lowest BCUT2D eigenvalue weighted by atomic mass is 10.2. The smallest absolute Gasteiger partial charge is 0.237 e. The van der Waals surface area contributed by atoms with Crippen molar-refractivity contribution in [2.75, 3.05) is 20.3 Å². The fourth-order valence-corrected chi connectivity index (χ4v) is 1.52. The van der Waals surface area contributed by atoms with Crippen molar-refractivity contribution in [2.45, 2.75) is 52.2 Å². The van der Waals surface area contributed by atoms with Gasteiger partial charge in [-0.1, -0.05) is 0 Å². The Labute approximate surface area is 115 Å². The second-order valence-electron chi connectivity index (χ2n) is 4.91. The fourth-order valence-electron chi connectivity index (χ4n) is 1.52. The first-order chi connectivity index (χ1) is 8.88. The standard InChI is InChI=1S/C13H27N3O3/c1-9(2)15-13(18)11(4)16-10(3)12(17)14-7-6-8-19-5/h9-11,16H,6-8H2,1-5H3,(H,14,17)(H,15,18). The van der Waals surface area contributed by atoms with Crippen LogP contribution in [0.15, 0.2) is 0 Å². The number of hydrogen-bond acceptors (Lipinski definition) is 4. The highest BCUT2D eigenvalue weighted by atomic mass is 16.5. The first-order valence-electron chi connectivity index (χ1n) is 6.71. The van der Waals surface area contributed by atoms with Gasteiger partial charge >= 0.3 is 0 Å². The highest BCUT2D eigenvalue weighted by molar-refractivity contribution is 5.84. The molecule has 0 saturated carbocycles. The minimum atomic E-state index is -0.407. The van der Waals surface area contributed by atoms with Gasteiger partial charge in [-0.15, -0.1) is 0 Å². The molecule has 2 atom stereocenters. The van der Waals surface area contributed by atoms with Gasteiger partial charge in [0.2, 0.25) is 11.8 Å². The summed E-state index contributed by atoms with van der Waals surface area (Å²) in [6.07, 6.45) is 0.776. The summed E-state index contributed by atoms with van der Waals surface area (Å²) in [7, 11) is 1.63. The van der Waals surface area contributed by atoms with Gasteiger partial charge in [0.1, 0.15) is 0 Å².